The molecule has 3 rings (SSSR count). The Kier molecular flexibility index (Phi) is 4.98. The molecule has 1 amide bonds. The van der Waals surface area contributed by atoms with Gasteiger partial charge in [0.1, 0.15) is 5.76 Å². The quantitative estimate of drug-likeness (QED) is 0.717. The molecule has 0 aliphatic heterocycles. The highest BCUT2D eigenvalue weighted by Gasteiger charge is 2.14. The van der Waals surface area contributed by atoms with Crippen molar-refractivity contribution in [3.05, 3.63) is 64.6 Å². The molecule has 0 saturated heterocycles. The largest absolute Gasteiger partial charge is 0.451 e. The standard InChI is InChI=1S/C17H16ClN3O3/c1-23-10-12-8-11(20-21-12)9-19-17(22)16-7-6-15(24-16)13-4-2-3-5-14(13)18/h2-8H,9-10H2,1H3,(H,19,22)(H,20,21). The van der Waals surface area contributed by atoms with E-state index in [-0.39, 0.29) is 11.7 Å². The van der Waals surface area contributed by atoms with Gasteiger partial charge in [-0.1, -0.05) is 23.7 Å². The smallest absolute Gasteiger partial charge is 0.287 e. The van der Waals surface area contributed by atoms with Crippen molar-refractivity contribution in [2.24, 2.45) is 0 Å². The molecule has 124 valence electrons. The zero-order valence-corrected chi connectivity index (χ0v) is 13.8. The molecule has 0 aliphatic rings. The van der Waals surface area contributed by atoms with Crippen molar-refractivity contribution >= 4 is 17.5 Å². The average Bonchev–Trinajstić information content (AvgIpc) is 3.23. The summed E-state index contributed by atoms with van der Waals surface area (Å²) in [5, 5.41) is 10.3. The second-order valence-electron chi connectivity index (χ2n) is 5.14. The third-order valence-corrected chi connectivity index (χ3v) is 3.71. The second-order valence-corrected chi connectivity index (χ2v) is 5.55. The molecule has 6 nitrogen and oxygen atoms in total. The first-order valence-corrected chi connectivity index (χ1v) is 7.70. The van der Waals surface area contributed by atoms with Crippen LogP contribution in [-0.4, -0.2) is 23.2 Å². The van der Waals surface area contributed by atoms with Crippen LogP contribution < -0.4 is 5.32 Å². The zero-order chi connectivity index (χ0) is 16.9. The number of benzene rings is 1. The fourth-order valence-corrected chi connectivity index (χ4v) is 2.48. The van der Waals surface area contributed by atoms with Gasteiger partial charge in [0.15, 0.2) is 5.76 Å². The van der Waals surface area contributed by atoms with Crippen LogP contribution in [0.3, 0.4) is 0 Å². The Bertz CT molecular complexity index is 841. The third kappa shape index (κ3) is 3.67. The fourth-order valence-electron chi connectivity index (χ4n) is 2.25. The predicted molar refractivity (Wildman–Crippen MR) is 89.6 cm³/mol. The van der Waals surface area contributed by atoms with Crippen LogP contribution in [0, 0.1) is 0 Å². The van der Waals surface area contributed by atoms with E-state index in [0.717, 1.165) is 17.0 Å². The number of carbonyl (C=O) groups excluding carboxylic acids is 1. The van der Waals surface area contributed by atoms with Crippen molar-refractivity contribution in [1.29, 1.82) is 0 Å². The van der Waals surface area contributed by atoms with Crippen molar-refractivity contribution in [3.63, 3.8) is 0 Å². The minimum atomic E-state index is -0.309. The average molecular weight is 346 g/mol. The molecule has 1 aromatic carbocycles. The number of nitrogens with one attached hydrogen (secondary N) is 2. The summed E-state index contributed by atoms with van der Waals surface area (Å²) in [4.78, 5) is 12.2. The highest BCUT2D eigenvalue weighted by Crippen LogP contribution is 2.28. The summed E-state index contributed by atoms with van der Waals surface area (Å²) in [5.41, 5.74) is 2.31. The van der Waals surface area contributed by atoms with Gasteiger partial charge in [0.2, 0.25) is 0 Å². The number of methoxy groups -OCH3 is 1. The Balaban J connectivity index is 1.64. The minimum absolute atomic E-state index is 0.224. The fraction of sp³-hybridized carbons (Fsp3) is 0.176. The summed E-state index contributed by atoms with van der Waals surface area (Å²) in [7, 11) is 1.60. The molecule has 2 aromatic heterocycles. The Morgan fingerprint density at radius 3 is 2.96 bits per heavy atom. The lowest BCUT2D eigenvalue weighted by atomic mass is 10.2. The van der Waals surface area contributed by atoms with Crippen molar-refractivity contribution in [3.8, 4) is 11.3 Å². The third-order valence-electron chi connectivity index (χ3n) is 3.38. The van der Waals surface area contributed by atoms with E-state index < -0.39 is 0 Å². The molecular weight excluding hydrogens is 330 g/mol. The summed E-state index contributed by atoms with van der Waals surface area (Å²) in [6.45, 7) is 0.738. The molecule has 24 heavy (non-hydrogen) atoms. The normalized spacial score (nSPS) is 10.8. The van der Waals surface area contributed by atoms with Crippen molar-refractivity contribution in [2.45, 2.75) is 13.2 Å². The van der Waals surface area contributed by atoms with Crippen LogP contribution in [0.2, 0.25) is 5.02 Å². The Hall–Kier alpha value is -2.57. The first-order valence-electron chi connectivity index (χ1n) is 7.32. The van der Waals surface area contributed by atoms with Crippen LogP contribution in [0.25, 0.3) is 11.3 Å². The summed E-state index contributed by atoms with van der Waals surface area (Å²) in [6.07, 6.45) is 0. The van der Waals surface area contributed by atoms with Gasteiger partial charge in [-0.05, 0) is 30.3 Å². The number of hydrogen-bond acceptors (Lipinski definition) is 4. The topological polar surface area (TPSA) is 80.1 Å². The van der Waals surface area contributed by atoms with Crippen LogP contribution in [0.1, 0.15) is 21.9 Å². The molecule has 0 bridgehead atoms. The molecule has 2 heterocycles. The lowest BCUT2D eigenvalue weighted by Crippen LogP contribution is -2.22. The molecule has 0 spiro atoms. The van der Waals surface area contributed by atoms with E-state index in [1.807, 2.05) is 24.3 Å². The summed E-state index contributed by atoms with van der Waals surface area (Å²) >= 11 is 6.13. The number of carbonyl (C=O) groups is 1. The SMILES string of the molecule is COCc1cc(CNC(=O)c2ccc(-c3ccccc3Cl)o2)[nH]n1. The molecule has 2 N–H and O–H groups in total. The van der Waals surface area contributed by atoms with Crippen LogP contribution in [0.4, 0.5) is 0 Å². The Labute approximate surface area is 143 Å². The van der Waals surface area contributed by atoms with Gasteiger partial charge >= 0.3 is 0 Å². The van der Waals surface area contributed by atoms with Gasteiger partial charge in [-0.15, -0.1) is 0 Å². The van der Waals surface area contributed by atoms with Gasteiger partial charge in [0, 0.05) is 12.7 Å². The maximum Gasteiger partial charge on any atom is 0.287 e. The zero-order valence-electron chi connectivity index (χ0n) is 13.0. The highest BCUT2D eigenvalue weighted by molar-refractivity contribution is 6.33. The summed E-state index contributed by atoms with van der Waals surface area (Å²) < 4.78 is 10.6. The summed E-state index contributed by atoms with van der Waals surface area (Å²) in [6, 6.07) is 12.5. The molecule has 3 aromatic rings. The van der Waals surface area contributed by atoms with Gasteiger partial charge in [0.25, 0.3) is 5.91 Å². The number of hydrogen-bond donors (Lipinski definition) is 2. The first-order chi connectivity index (χ1) is 11.7. The van der Waals surface area contributed by atoms with Crippen LogP contribution >= 0.6 is 11.6 Å². The Morgan fingerprint density at radius 2 is 2.17 bits per heavy atom. The van der Waals surface area contributed by atoms with Crippen LogP contribution in [-0.2, 0) is 17.9 Å². The number of ether oxygens (including phenoxy) is 1. The Morgan fingerprint density at radius 1 is 1.33 bits per heavy atom. The number of furan rings is 1. The van der Waals surface area contributed by atoms with Crippen LogP contribution in [0.5, 0.6) is 0 Å². The van der Waals surface area contributed by atoms with Gasteiger partial charge in [-0.3, -0.25) is 9.89 Å². The van der Waals surface area contributed by atoms with E-state index >= 15 is 0 Å². The van der Waals surface area contributed by atoms with E-state index in [9.17, 15) is 4.79 Å². The number of nitrogens with zero attached hydrogens (tertiary/aromatic N) is 1. The molecule has 0 fully saturated rings. The molecule has 0 atom stereocenters. The number of aromatic nitrogens is 2. The van der Waals surface area contributed by atoms with Crippen molar-refractivity contribution in [1.82, 2.24) is 15.5 Å². The van der Waals surface area contributed by atoms with Gasteiger partial charge in [-0.2, -0.15) is 5.10 Å². The lowest BCUT2D eigenvalue weighted by Gasteiger charge is -2.02. The van der Waals surface area contributed by atoms with E-state index in [1.54, 1.807) is 25.3 Å². The second kappa shape index (κ2) is 7.33. The maximum absolute atomic E-state index is 12.2. The predicted octanol–water partition coefficient (Wildman–Crippen LogP) is 3.40. The maximum atomic E-state index is 12.2. The van der Waals surface area contributed by atoms with Crippen LogP contribution in [0.15, 0.2) is 46.9 Å². The van der Waals surface area contributed by atoms with Gasteiger partial charge in [0.05, 0.1) is 29.6 Å². The molecule has 0 unspecified atom stereocenters. The lowest BCUT2D eigenvalue weighted by molar-refractivity contribution is 0.0923. The number of aromatic amines is 1. The molecule has 0 saturated carbocycles. The molecule has 0 radical (unpaired) electrons. The number of H-pyrrole nitrogens is 1. The number of halogens is 1. The van der Waals surface area contributed by atoms with E-state index in [4.69, 9.17) is 20.8 Å². The number of rotatable bonds is 6. The van der Waals surface area contributed by atoms with Gasteiger partial charge in [-0.25, -0.2) is 0 Å². The molecular formula is C17H16ClN3O3. The highest BCUT2D eigenvalue weighted by atomic mass is 35.5. The van der Waals surface area contributed by atoms with E-state index in [0.29, 0.717) is 23.9 Å². The molecule has 0 aliphatic carbocycles. The molecule has 7 heteroatoms. The monoisotopic (exact) mass is 345 g/mol. The van der Waals surface area contributed by atoms with Crippen molar-refractivity contribution < 1.29 is 13.9 Å². The van der Waals surface area contributed by atoms with E-state index in [1.165, 1.54) is 0 Å². The van der Waals surface area contributed by atoms with E-state index in [2.05, 4.69) is 15.5 Å². The minimum Gasteiger partial charge on any atom is -0.451 e. The summed E-state index contributed by atoms with van der Waals surface area (Å²) in [5.74, 6) is 0.465. The number of amides is 1. The van der Waals surface area contributed by atoms with Gasteiger partial charge < -0.3 is 14.5 Å². The van der Waals surface area contributed by atoms with Crippen molar-refractivity contribution in [2.75, 3.05) is 7.11 Å². The first kappa shape index (κ1) is 16.3.